The minimum Gasteiger partial charge on any atom is -0.460 e. The maximum Gasteiger partial charge on any atom is 0.311 e. The molecule has 0 aliphatic carbocycles. The Morgan fingerprint density at radius 1 is 0.765 bits per heavy atom. The van der Waals surface area contributed by atoms with Crippen molar-refractivity contribution < 1.29 is 19.1 Å². The molecule has 0 bridgehead atoms. The summed E-state index contributed by atoms with van der Waals surface area (Å²) in [7, 11) is 0. The van der Waals surface area contributed by atoms with Crippen molar-refractivity contribution in [1.82, 2.24) is 0 Å². The van der Waals surface area contributed by atoms with Gasteiger partial charge < -0.3 is 9.47 Å². The van der Waals surface area contributed by atoms with E-state index in [1.54, 1.807) is 24.3 Å². The largest absolute Gasteiger partial charge is 0.460 e. The zero-order valence-electron chi connectivity index (χ0n) is 21.9. The molecule has 4 heteroatoms. The molecule has 0 atom stereocenters. The van der Waals surface area contributed by atoms with Gasteiger partial charge in [0.25, 0.3) is 0 Å². The van der Waals surface area contributed by atoms with E-state index in [9.17, 15) is 9.59 Å². The van der Waals surface area contributed by atoms with Crippen LogP contribution in [0.5, 0.6) is 5.75 Å². The summed E-state index contributed by atoms with van der Waals surface area (Å²) < 4.78 is 10.7. The Balaban J connectivity index is 2.06. The summed E-state index contributed by atoms with van der Waals surface area (Å²) in [5.41, 5.74) is 0.344. The van der Waals surface area contributed by atoms with E-state index in [2.05, 4.69) is 31.2 Å². The first-order valence-electron chi connectivity index (χ1n) is 13.1. The summed E-state index contributed by atoms with van der Waals surface area (Å²) in [6.45, 7) is 7.78. The minimum absolute atomic E-state index is 0.203. The Kier molecular flexibility index (Phi) is 15.7. The number of unbranched alkanes of at least 4 members (excludes halogenated alkanes) is 8. The molecule has 0 spiro atoms. The van der Waals surface area contributed by atoms with Gasteiger partial charge in [0, 0.05) is 6.42 Å². The second-order valence-corrected chi connectivity index (χ2v) is 9.86. The first kappa shape index (κ1) is 29.7. The molecule has 0 unspecified atom stereocenters. The van der Waals surface area contributed by atoms with Crippen LogP contribution in [0.2, 0.25) is 0 Å². The van der Waals surface area contributed by atoms with E-state index in [1.165, 1.54) is 38.5 Å². The molecule has 0 N–H and O–H groups in total. The average Bonchev–Trinajstić information content (AvgIpc) is 2.76. The van der Waals surface area contributed by atoms with Crippen molar-refractivity contribution in [2.75, 3.05) is 0 Å². The predicted molar refractivity (Wildman–Crippen MR) is 141 cm³/mol. The van der Waals surface area contributed by atoms with Crippen molar-refractivity contribution in [3.05, 3.63) is 54.1 Å². The first-order valence-corrected chi connectivity index (χ1v) is 13.1. The van der Waals surface area contributed by atoms with Crippen LogP contribution in [0, 0.1) is 0 Å². The molecule has 4 nitrogen and oxygen atoms in total. The smallest absolute Gasteiger partial charge is 0.311 e. The van der Waals surface area contributed by atoms with Gasteiger partial charge in [0.2, 0.25) is 0 Å². The van der Waals surface area contributed by atoms with Gasteiger partial charge >= 0.3 is 11.9 Å². The van der Waals surface area contributed by atoms with Gasteiger partial charge in [0.15, 0.2) is 0 Å². The number of esters is 2. The minimum atomic E-state index is -0.492. The maximum absolute atomic E-state index is 12.1. The molecule has 0 heterocycles. The fraction of sp³-hybridized carbons (Fsp3) is 0.600. The van der Waals surface area contributed by atoms with Crippen molar-refractivity contribution in [1.29, 1.82) is 0 Å². The van der Waals surface area contributed by atoms with Crippen LogP contribution < -0.4 is 4.74 Å². The number of carbonyl (C=O) groups excluding carboxylic acids is 2. The number of allylic oxidation sites excluding steroid dienone is 4. The maximum atomic E-state index is 12.1. The van der Waals surface area contributed by atoms with Crippen LogP contribution >= 0.6 is 0 Å². The van der Waals surface area contributed by atoms with E-state index in [1.807, 2.05) is 20.8 Å². The van der Waals surface area contributed by atoms with Gasteiger partial charge in [-0.3, -0.25) is 9.59 Å². The molecular formula is C30H46O4. The molecular weight excluding hydrogens is 424 g/mol. The van der Waals surface area contributed by atoms with Gasteiger partial charge in [-0.15, -0.1) is 0 Å². The van der Waals surface area contributed by atoms with E-state index in [-0.39, 0.29) is 18.4 Å². The molecule has 0 aliphatic heterocycles. The molecule has 1 rings (SSSR count). The van der Waals surface area contributed by atoms with E-state index in [4.69, 9.17) is 9.47 Å². The lowest BCUT2D eigenvalue weighted by atomic mass is 10.1. The molecule has 1 aromatic carbocycles. The van der Waals surface area contributed by atoms with Crippen LogP contribution in [0.25, 0.3) is 0 Å². The van der Waals surface area contributed by atoms with E-state index in [0.717, 1.165) is 37.7 Å². The lowest BCUT2D eigenvalue weighted by molar-refractivity contribution is -0.154. The topological polar surface area (TPSA) is 52.6 Å². The molecule has 34 heavy (non-hydrogen) atoms. The highest BCUT2D eigenvalue weighted by atomic mass is 16.6. The highest BCUT2D eigenvalue weighted by Gasteiger charge is 2.16. The number of rotatable bonds is 17. The normalized spacial score (nSPS) is 11.9. The van der Waals surface area contributed by atoms with E-state index in [0.29, 0.717) is 12.2 Å². The molecule has 0 amide bonds. The lowest BCUT2D eigenvalue weighted by Gasteiger charge is -2.19. The van der Waals surface area contributed by atoms with Gasteiger partial charge in [-0.2, -0.15) is 0 Å². The first-order chi connectivity index (χ1) is 16.3. The molecule has 0 aromatic heterocycles. The molecule has 0 aliphatic rings. The van der Waals surface area contributed by atoms with Crippen molar-refractivity contribution in [2.45, 2.75) is 117 Å². The molecule has 1 aromatic rings. The van der Waals surface area contributed by atoms with Gasteiger partial charge in [0.05, 0.1) is 6.42 Å². The van der Waals surface area contributed by atoms with Crippen LogP contribution in [0.15, 0.2) is 48.6 Å². The zero-order valence-corrected chi connectivity index (χ0v) is 21.9. The third-order valence-corrected chi connectivity index (χ3v) is 5.26. The van der Waals surface area contributed by atoms with E-state index >= 15 is 0 Å². The van der Waals surface area contributed by atoms with Crippen LogP contribution in [-0.2, 0) is 20.7 Å². The quantitative estimate of drug-likeness (QED) is 0.0994. The summed E-state index contributed by atoms with van der Waals surface area (Å²) in [5, 5.41) is 0. The van der Waals surface area contributed by atoms with Gasteiger partial charge in [-0.1, -0.05) is 75.5 Å². The van der Waals surface area contributed by atoms with Crippen LogP contribution in [0.4, 0.5) is 0 Å². The fourth-order valence-corrected chi connectivity index (χ4v) is 3.48. The van der Waals surface area contributed by atoms with Crippen molar-refractivity contribution in [3.8, 4) is 5.75 Å². The Morgan fingerprint density at radius 3 is 1.97 bits per heavy atom. The second kappa shape index (κ2) is 18.0. The highest BCUT2D eigenvalue weighted by Crippen LogP contribution is 2.16. The Hall–Kier alpha value is -2.36. The molecule has 190 valence electrons. The molecule has 0 saturated carbocycles. The second-order valence-electron chi connectivity index (χ2n) is 9.86. The van der Waals surface area contributed by atoms with Crippen molar-refractivity contribution in [2.24, 2.45) is 0 Å². The van der Waals surface area contributed by atoms with Crippen LogP contribution in [-0.4, -0.2) is 17.5 Å². The zero-order chi connectivity index (χ0) is 25.1. The molecule has 0 fully saturated rings. The predicted octanol–water partition coefficient (Wildman–Crippen LogP) is 8.29. The van der Waals surface area contributed by atoms with Crippen LogP contribution in [0.3, 0.4) is 0 Å². The summed E-state index contributed by atoms with van der Waals surface area (Å²) >= 11 is 0. The third kappa shape index (κ3) is 17.2. The number of ether oxygens (including phenoxy) is 2. The number of benzene rings is 1. The number of hydrogen-bond donors (Lipinski definition) is 0. The third-order valence-electron chi connectivity index (χ3n) is 5.26. The Morgan fingerprint density at radius 2 is 1.35 bits per heavy atom. The number of hydrogen-bond acceptors (Lipinski definition) is 4. The Labute approximate surface area is 207 Å². The summed E-state index contributed by atoms with van der Waals surface area (Å²) in [5.74, 6) is 0.0460. The molecule has 0 saturated heterocycles. The summed E-state index contributed by atoms with van der Waals surface area (Å²) in [6.07, 6.45) is 22.5. The standard InChI is InChI=1S/C30H46O4/c1-5-6-7-8-9-10-11-12-13-14-15-16-17-18-19-20-28(31)33-27-23-21-26(22-24-27)25-29(32)34-30(2,3)4/h9-10,12-13,21-24H,5-8,11,14-20,25H2,1-4H3/b10-9-,13-12-. The SMILES string of the molecule is CCCCC/C=C\C/C=C\CCCCCCCC(=O)Oc1ccc(CC(=O)OC(C)(C)C)cc1. The van der Waals surface area contributed by atoms with E-state index < -0.39 is 5.60 Å². The fourth-order valence-electron chi connectivity index (χ4n) is 3.48. The molecule has 0 radical (unpaired) electrons. The van der Waals surface area contributed by atoms with Gasteiger partial charge in [-0.05, 0) is 77.0 Å². The Bertz CT molecular complexity index is 738. The average molecular weight is 471 g/mol. The van der Waals surface area contributed by atoms with Crippen molar-refractivity contribution in [3.63, 3.8) is 0 Å². The summed E-state index contributed by atoms with van der Waals surface area (Å²) in [4.78, 5) is 24.0. The van der Waals surface area contributed by atoms with Gasteiger partial charge in [-0.25, -0.2) is 0 Å². The summed E-state index contributed by atoms with van der Waals surface area (Å²) in [6, 6.07) is 7.05. The van der Waals surface area contributed by atoms with Crippen molar-refractivity contribution >= 4 is 11.9 Å². The van der Waals surface area contributed by atoms with Crippen LogP contribution in [0.1, 0.15) is 110 Å². The monoisotopic (exact) mass is 470 g/mol. The van der Waals surface area contributed by atoms with Gasteiger partial charge in [0.1, 0.15) is 11.4 Å². The number of carbonyl (C=O) groups is 2. The highest BCUT2D eigenvalue weighted by molar-refractivity contribution is 5.74. The lowest BCUT2D eigenvalue weighted by Crippen LogP contribution is -2.24.